The molecule has 2 aliphatic rings. The molecule has 1 saturated carbocycles. The second-order valence-corrected chi connectivity index (χ2v) is 10.4. The number of likely N-dealkylation sites (N-methyl/N-ethyl adjacent to an activating group) is 1. The van der Waals surface area contributed by atoms with E-state index < -0.39 is 6.43 Å². The average Bonchev–Trinajstić information content (AvgIpc) is 3.46. The molecule has 174 valence electrons. The Balaban J connectivity index is 1.59. The molecule has 0 saturated heterocycles. The molecular weight excluding hydrogens is 456 g/mol. The number of benzene rings is 1. The van der Waals surface area contributed by atoms with Gasteiger partial charge in [0.05, 0.1) is 39.0 Å². The second-order valence-electron chi connectivity index (χ2n) is 9.12. The van der Waals surface area contributed by atoms with Gasteiger partial charge in [-0.2, -0.15) is 0 Å². The van der Waals surface area contributed by atoms with E-state index in [4.69, 9.17) is 4.98 Å². The third kappa shape index (κ3) is 3.25. The van der Waals surface area contributed by atoms with E-state index in [2.05, 4.69) is 14.5 Å². The number of nitrogens with zero attached hydrogens (tertiary/aromatic N) is 5. The zero-order valence-electron chi connectivity index (χ0n) is 19.0. The van der Waals surface area contributed by atoms with Gasteiger partial charge in [-0.15, -0.1) is 11.3 Å². The molecule has 6 nitrogen and oxygen atoms in total. The highest BCUT2D eigenvalue weighted by molar-refractivity contribution is 7.15. The molecule has 0 radical (unpaired) electrons. The molecule has 0 unspecified atom stereocenters. The largest absolute Gasteiger partial charge is 0.338 e. The molecular formula is C25H23F2N5OS. The molecule has 0 bridgehead atoms. The number of amides is 1. The minimum atomic E-state index is -2.68. The zero-order chi connectivity index (χ0) is 23.7. The van der Waals surface area contributed by atoms with Crippen LogP contribution in [0.5, 0.6) is 0 Å². The fourth-order valence-corrected chi connectivity index (χ4v) is 5.69. The van der Waals surface area contributed by atoms with Crippen LogP contribution in [0, 0.1) is 6.92 Å². The number of alkyl halides is 2. The van der Waals surface area contributed by atoms with Gasteiger partial charge < -0.3 is 9.47 Å². The van der Waals surface area contributed by atoms with Crippen LogP contribution in [0.1, 0.15) is 60.2 Å². The molecule has 4 heterocycles. The van der Waals surface area contributed by atoms with Crippen LogP contribution in [0.2, 0.25) is 0 Å². The Morgan fingerprint density at radius 2 is 1.97 bits per heavy atom. The van der Waals surface area contributed by atoms with Gasteiger partial charge in [-0.25, -0.2) is 23.7 Å². The first-order valence-corrected chi connectivity index (χ1v) is 12.2. The third-order valence-electron chi connectivity index (χ3n) is 6.72. The Morgan fingerprint density at radius 1 is 1.18 bits per heavy atom. The van der Waals surface area contributed by atoms with Crippen LogP contribution < -0.4 is 0 Å². The first-order chi connectivity index (χ1) is 16.3. The van der Waals surface area contributed by atoms with E-state index in [1.54, 1.807) is 24.2 Å². The highest BCUT2D eigenvalue weighted by atomic mass is 32.1. The van der Waals surface area contributed by atoms with Crippen molar-refractivity contribution in [2.24, 2.45) is 0 Å². The van der Waals surface area contributed by atoms with Crippen LogP contribution >= 0.6 is 11.3 Å². The maximum atomic E-state index is 14.2. The predicted octanol–water partition coefficient (Wildman–Crippen LogP) is 5.88. The number of fused-ring (bicyclic) bond motifs is 2. The maximum absolute atomic E-state index is 14.2. The van der Waals surface area contributed by atoms with Gasteiger partial charge in [0.2, 0.25) is 5.91 Å². The lowest BCUT2D eigenvalue weighted by atomic mass is 10.00. The first-order valence-electron chi connectivity index (χ1n) is 11.3. The third-order valence-corrected chi connectivity index (χ3v) is 7.64. The number of rotatable bonds is 4. The standard InChI is InChI=1S/C25H23F2N5OS/c1-12-25(33)31(3)11-19-21(30-24(32(12)19)14-7-8-14)15-5-4-6-18-16(15)9-17(23(26)27)22(29-18)20-10-28-13(2)34-20/h4-6,9-10,12,14,23H,7-8,11H2,1-3H3/t12-/m0/s1. The van der Waals surface area contributed by atoms with Crippen molar-refractivity contribution < 1.29 is 13.6 Å². The Hall–Kier alpha value is -3.20. The number of aryl methyl sites for hydroxylation is 1. The van der Waals surface area contributed by atoms with Gasteiger partial charge in [0.25, 0.3) is 6.43 Å². The SMILES string of the molecule is Cc1ncc(-c2nc3cccc(-c4nc(C5CC5)n5c4CN(C)C(=O)[C@@H]5C)c3cc2C(F)F)s1. The van der Waals surface area contributed by atoms with E-state index >= 15 is 0 Å². The molecule has 9 heteroatoms. The monoisotopic (exact) mass is 479 g/mol. The number of carbonyl (C=O) groups excluding carboxylic acids is 1. The quantitative estimate of drug-likeness (QED) is 0.367. The number of thiazole rings is 1. The van der Waals surface area contributed by atoms with E-state index in [-0.39, 0.29) is 23.2 Å². The van der Waals surface area contributed by atoms with Crippen molar-refractivity contribution in [3.8, 4) is 21.8 Å². The normalized spacial score (nSPS) is 18.2. The summed E-state index contributed by atoms with van der Waals surface area (Å²) in [7, 11) is 1.79. The summed E-state index contributed by atoms with van der Waals surface area (Å²) in [6.07, 6.45) is 1.03. The molecule has 1 aromatic carbocycles. The average molecular weight is 480 g/mol. The number of hydrogen-bond donors (Lipinski definition) is 0. The molecule has 0 N–H and O–H groups in total. The molecule has 3 aromatic heterocycles. The molecule has 4 aromatic rings. The molecule has 1 amide bonds. The molecule has 1 atom stereocenters. The number of pyridine rings is 1. The second kappa shape index (κ2) is 7.66. The Labute approximate surface area is 199 Å². The first kappa shape index (κ1) is 21.3. The summed E-state index contributed by atoms with van der Waals surface area (Å²) in [6.45, 7) is 4.18. The van der Waals surface area contributed by atoms with Crippen LogP contribution in [0.3, 0.4) is 0 Å². The van der Waals surface area contributed by atoms with Crippen molar-refractivity contribution in [1.29, 1.82) is 0 Å². The number of hydrogen-bond acceptors (Lipinski definition) is 5. The van der Waals surface area contributed by atoms with Crippen LogP contribution in [-0.4, -0.2) is 37.4 Å². The number of halogens is 2. The number of imidazole rings is 1. The molecule has 1 aliphatic carbocycles. The molecule has 1 fully saturated rings. The van der Waals surface area contributed by atoms with Crippen LogP contribution in [0.25, 0.3) is 32.7 Å². The van der Waals surface area contributed by atoms with Gasteiger partial charge in [-0.05, 0) is 38.8 Å². The Kier molecular flexibility index (Phi) is 4.81. The minimum absolute atomic E-state index is 0.0578. The lowest BCUT2D eigenvalue weighted by Gasteiger charge is -2.31. The van der Waals surface area contributed by atoms with Gasteiger partial charge in [0.1, 0.15) is 11.9 Å². The summed E-state index contributed by atoms with van der Waals surface area (Å²) in [5, 5.41) is 1.44. The summed E-state index contributed by atoms with van der Waals surface area (Å²) in [5.74, 6) is 1.33. The fraction of sp³-hybridized carbons (Fsp3) is 0.360. The van der Waals surface area contributed by atoms with Crippen molar-refractivity contribution in [2.75, 3.05) is 7.05 Å². The topological polar surface area (TPSA) is 63.9 Å². The smallest absolute Gasteiger partial charge is 0.266 e. The number of aromatic nitrogens is 4. The van der Waals surface area contributed by atoms with Crippen LogP contribution in [-0.2, 0) is 11.3 Å². The van der Waals surface area contributed by atoms with Crippen molar-refractivity contribution in [3.63, 3.8) is 0 Å². The summed E-state index contributed by atoms with van der Waals surface area (Å²) in [5.41, 5.74) is 3.26. The molecule has 34 heavy (non-hydrogen) atoms. The maximum Gasteiger partial charge on any atom is 0.266 e. The van der Waals surface area contributed by atoms with Gasteiger partial charge >= 0.3 is 0 Å². The van der Waals surface area contributed by atoms with Gasteiger partial charge in [-0.3, -0.25) is 4.79 Å². The summed E-state index contributed by atoms with van der Waals surface area (Å²) in [4.78, 5) is 29.0. The predicted molar refractivity (Wildman–Crippen MR) is 127 cm³/mol. The molecule has 6 rings (SSSR count). The lowest BCUT2D eigenvalue weighted by molar-refractivity contribution is -0.135. The van der Waals surface area contributed by atoms with E-state index in [9.17, 15) is 13.6 Å². The molecule has 1 aliphatic heterocycles. The van der Waals surface area contributed by atoms with Gasteiger partial charge in [0, 0.05) is 35.7 Å². The number of carbonyl (C=O) groups is 1. The van der Waals surface area contributed by atoms with Crippen molar-refractivity contribution in [2.45, 2.75) is 51.6 Å². The van der Waals surface area contributed by atoms with Crippen molar-refractivity contribution in [1.82, 2.24) is 24.4 Å². The van der Waals surface area contributed by atoms with Crippen LogP contribution in [0.4, 0.5) is 8.78 Å². The van der Waals surface area contributed by atoms with E-state index in [0.29, 0.717) is 28.2 Å². The fourth-order valence-electron chi connectivity index (χ4n) is 4.90. The zero-order valence-corrected chi connectivity index (χ0v) is 19.9. The Bertz CT molecular complexity index is 1460. The minimum Gasteiger partial charge on any atom is -0.338 e. The van der Waals surface area contributed by atoms with Crippen LogP contribution in [0.15, 0.2) is 30.5 Å². The highest BCUT2D eigenvalue weighted by Crippen LogP contribution is 2.45. The lowest BCUT2D eigenvalue weighted by Crippen LogP contribution is -2.39. The molecule has 0 spiro atoms. The summed E-state index contributed by atoms with van der Waals surface area (Å²) in [6, 6.07) is 6.86. The van der Waals surface area contributed by atoms with E-state index in [1.807, 2.05) is 32.0 Å². The van der Waals surface area contributed by atoms with E-state index in [1.165, 1.54) is 11.3 Å². The summed E-state index contributed by atoms with van der Waals surface area (Å²) >= 11 is 1.35. The van der Waals surface area contributed by atoms with Crippen molar-refractivity contribution in [3.05, 3.63) is 52.6 Å². The van der Waals surface area contributed by atoms with Crippen molar-refractivity contribution >= 4 is 28.1 Å². The summed E-state index contributed by atoms with van der Waals surface area (Å²) < 4.78 is 30.5. The van der Waals surface area contributed by atoms with Gasteiger partial charge in [0.15, 0.2) is 0 Å². The highest BCUT2D eigenvalue weighted by Gasteiger charge is 2.38. The van der Waals surface area contributed by atoms with Gasteiger partial charge in [-0.1, -0.05) is 12.1 Å². The Morgan fingerprint density at radius 3 is 2.65 bits per heavy atom. The van der Waals surface area contributed by atoms with E-state index in [0.717, 1.165) is 40.6 Å².